The molecule has 6 heteroatoms. The second kappa shape index (κ2) is 7.77. The van der Waals surface area contributed by atoms with Crippen LogP contribution in [0.25, 0.3) is 11.0 Å². The molecule has 23 heavy (non-hydrogen) atoms. The van der Waals surface area contributed by atoms with Gasteiger partial charge in [0, 0.05) is 44.7 Å². The molecule has 0 bridgehead atoms. The van der Waals surface area contributed by atoms with Gasteiger partial charge < -0.3 is 19.8 Å². The van der Waals surface area contributed by atoms with Gasteiger partial charge in [0.15, 0.2) is 0 Å². The monoisotopic (exact) mass is 318 g/mol. The number of benzene rings is 1. The number of methoxy groups -OCH3 is 1. The SMILES string of the molecule is COc1ccc2nc(CCN[C@H](C)CN3CCOCC3)[nH]c2c1. The summed E-state index contributed by atoms with van der Waals surface area (Å²) in [6.07, 6.45) is 0.893. The zero-order chi connectivity index (χ0) is 16.1. The van der Waals surface area contributed by atoms with E-state index in [1.165, 1.54) is 0 Å². The number of nitrogens with one attached hydrogen (secondary N) is 2. The molecule has 1 aromatic heterocycles. The lowest BCUT2D eigenvalue weighted by atomic mass is 10.2. The lowest BCUT2D eigenvalue weighted by Crippen LogP contribution is -2.44. The van der Waals surface area contributed by atoms with Crippen molar-refractivity contribution in [2.24, 2.45) is 0 Å². The Hall–Kier alpha value is -1.63. The van der Waals surface area contributed by atoms with Gasteiger partial charge in [-0.1, -0.05) is 0 Å². The van der Waals surface area contributed by atoms with Crippen molar-refractivity contribution in [1.29, 1.82) is 0 Å². The normalized spacial score (nSPS) is 17.5. The first-order valence-electron chi connectivity index (χ1n) is 8.31. The highest BCUT2D eigenvalue weighted by Crippen LogP contribution is 2.18. The third kappa shape index (κ3) is 4.43. The maximum Gasteiger partial charge on any atom is 0.121 e. The number of morpholine rings is 1. The summed E-state index contributed by atoms with van der Waals surface area (Å²) in [6.45, 7) is 8.02. The lowest BCUT2D eigenvalue weighted by molar-refractivity contribution is 0.0344. The molecule has 0 unspecified atom stereocenters. The minimum Gasteiger partial charge on any atom is -0.497 e. The highest BCUT2D eigenvalue weighted by molar-refractivity contribution is 5.76. The number of aromatic amines is 1. The summed E-state index contributed by atoms with van der Waals surface area (Å²) in [5.41, 5.74) is 2.02. The first-order valence-corrected chi connectivity index (χ1v) is 8.31. The number of hydrogen-bond donors (Lipinski definition) is 2. The second-order valence-electron chi connectivity index (χ2n) is 6.08. The molecule has 2 aromatic rings. The summed E-state index contributed by atoms with van der Waals surface area (Å²) in [7, 11) is 1.68. The number of imidazole rings is 1. The van der Waals surface area contributed by atoms with E-state index in [1.807, 2.05) is 18.2 Å². The Bertz CT molecular complexity index is 622. The van der Waals surface area contributed by atoms with Crippen molar-refractivity contribution in [2.45, 2.75) is 19.4 Å². The molecule has 1 aliphatic heterocycles. The Kier molecular flexibility index (Phi) is 5.48. The van der Waals surface area contributed by atoms with E-state index in [0.717, 1.165) is 68.4 Å². The Balaban J connectivity index is 1.46. The highest BCUT2D eigenvalue weighted by atomic mass is 16.5. The Morgan fingerprint density at radius 1 is 1.39 bits per heavy atom. The molecule has 3 rings (SSSR count). The molecule has 1 saturated heterocycles. The van der Waals surface area contributed by atoms with E-state index in [4.69, 9.17) is 9.47 Å². The van der Waals surface area contributed by atoms with Crippen LogP contribution in [0.15, 0.2) is 18.2 Å². The summed E-state index contributed by atoms with van der Waals surface area (Å²) in [5.74, 6) is 1.87. The molecule has 126 valence electrons. The van der Waals surface area contributed by atoms with Crippen LogP contribution in [0.1, 0.15) is 12.7 Å². The third-order valence-corrected chi connectivity index (χ3v) is 4.23. The van der Waals surface area contributed by atoms with E-state index in [2.05, 4.69) is 27.1 Å². The van der Waals surface area contributed by atoms with Crippen molar-refractivity contribution in [1.82, 2.24) is 20.2 Å². The predicted molar refractivity (Wildman–Crippen MR) is 91.1 cm³/mol. The summed E-state index contributed by atoms with van der Waals surface area (Å²) < 4.78 is 10.6. The molecular weight excluding hydrogens is 292 g/mol. The molecule has 0 radical (unpaired) electrons. The molecule has 1 fully saturated rings. The van der Waals surface area contributed by atoms with Crippen molar-refractivity contribution >= 4 is 11.0 Å². The van der Waals surface area contributed by atoms with Crippen molar-refractivity contribution in [3.8, 4) is 5.75 Å². The van der Waals surface area contributed by atoms with Crippen LogP contribution in [0.3, 0.4) is 0 Å². The van der Waals surface area contributed by atoms with E-state index in [9.17, 15) is 0 Å². The largest absolute Gasteiger partial charge is 0.497 e. The zero-order valence-corrected chi connectivity index (χ0v) is 14.0. The van der Waals surface area contributed by atoms with Crippen LogP contribution < -0.4 is 10.1 Å². The molecule has 2 N–H and O–H groups in total. The quantitative estimate of drug-likeness (QED) is 0.808. The highest BCUT2D eigenvalue weighted by Gasteiger charge is 2.13. The number of rotatable bonds is 7. The van der Waals surface area contributed by atoms with E-state index >= 15 is 0 Å². The maximum atomic E-state index is 5.38. The fourth-order valence-electron chi connectivity index (χ4n) is 2.96. The zero-order valence-electron chi connectivity index (χ0n) is 14.0. The van der Waals surface area contributed by atoms with Gasteiger partial charge in [0.05, 0.1) is 31.4 Å². The standard InChI is InChI=1S/C17H26N4O2/c1-13(12-21-7-9-23-10-8-21)18-6-5-17-19-15-4-3-14(22-2)11-16(15)20-17/h3-4,11,13,18H,5-10,12H2,1-2H3,(H,19,20)/t13-/m1/s1. The van der Waals surface area contributed by atoms with Gasteiger partial charge in [0.2, 0.25) is 0 Å². The van der Waals surface area contributed by atoms with Crippen molar-refractivity contribution in [3.05, 3.63) is 24.0 Å². The molecule has 2 heterocycles. The second-order valence-corrected chi connectivity index (χ2v) is 6.08. The van der Waals surface area contributed by atoms with E-state index in [1.54, 1.807) is 7.11 Å². The molecule has 0 aliphatic carbocycles. The third-order valence-electron chi connectivity index (χ3n) is 4.23. The van der Waals surface area contributed by atoms with Gasteiger partial charge in [-0.3, -0.25) is 4.90 Å². The van der Waals surface area contributed by atoms with E-state index in [0.29, 0.717) is 6.04 Å². The van der Waals surface area contributed by atoms with Gasteiger partial charge in [-0.2, -0.15) is 0 Å². The molecular formula is C17H26N4O2. The number of hydrogen-bond acceptors (Lipinski definition) is 5. The van der Waals surface area contributed by atoms with Crippen LogP contribution in [0, 0.1) is 0 Å². The minimum atomic E-state index is 0.470. The van der Waals surface area contributed by atoms with Crippen LogP contribution in [-0.2, 0) is 11.2 Å². The van der Waals surface area contributed by atoms with Gasteiger partial charge >= 0.3 is 0 Å². The van der Waals surface area contributed by atoms with Gasteiger partial charge in [-0.15, -0.1) is 0 Å². The number of H-pyrrole nitrogens is 1. The van der Waals surface area contributed by atoms with Crippen LogP contribution in [-0.4, -0.2) is 67.4 Å². The average Bonchev–Trinajstić information content (AvgIpc) is 2.97. The maximum absolute atomic E-state index is 5.38. The van der Waals surface area contributed by atoms with E-state index in [-0.39, 0.29) is 0 Å². The topological polar surface area (TPSA) is 62.4 Å². The number of aromatic nitrogens is 2. The Labute approximate surface area is 137 Å². The average molecular weight is 318 g/mol. The fraction of sp³-hybridized carbons (Fsp3) is 0.588. The molecule has 0 amide bonds. The first-order chi connectivity index (χ1) is 11.2. The lowest BCUT2D eigenvalue weighted by Gasteiger charge is -2.29. The Morgan fingerprint density at radius 3 is 3.00 bits per heavy atom. The first kappa shape index (κ1) is 16.2. The predicted octanol–water partition coefficient (Wildman–Crippen LogP) is 1.42. The van der Waals surface area contributed by atoms with E-state index < -0.39 is 0 Å². The van der Waals surface area contributed by atoms with Crippen molar-refractivity contribution in [2.75, 3.05) is 46.5 Å². The van der Waals surface area contributed by atoms with Gasteiger partial charge in [-0.25, -0.2) is 4.98 Å². The number of fused-ring (bicyclic) bond motifs is 1. The van der Waals surface area contributed by atoms with Crippen LogP contribution in [0.5, 0.6) is 5.75 Å². The molecule has 1 atom stereocenters. The smallest absolute Gasteiger partial charge is 0.121 e. The van der Waals surface area contributed by atoms with Crippen LogP contribution >= 0.6 is 0 Å². The van der Waals surface area contributed by atoms with Crippen molar-refractivity contribution in [3.63, 3.8) is 0 Å². The number of nitrogens with zero attached hydrogens (tertiary/aromatic N) is 2. The summed E-state index contributed by atoms with van der Waals surface area (Å²) in [5, 5.41) is 3.58. The summed E-state index contributed by atoms with van der Waals surface area (Å²) in [4.78, 5) is 10.4. The van der Waals surface area contributed by atoms with Gasteiger partial charge in [0.1, 0.15) is 11.6 Å². The molecule has 1 aliphatic rings. The summed E-state index contributed by atoms with van der Waals surface area (Å²) in [6, 6.07) is 6.39. The summed E-state index contributed by atoms with van der Waals surface area (Å²) >= 11 is 0. The van der Waals surface area contributed by atoms with Crippen molar-refractivity contribution < 1.29 is 9.47 Å². The van der Waals surface area contributed by atoms with Crippen LogP contribution in [0.4, 0.5) is 0 Å². The molecule has 0 spiro atoms. The molecule has 1 aromatic carbocycles. The van der Waals surface area contributed by atoms with Gasteiger partial charge in [-0.05, 0) is 19.1 Å². The number of ether oxygens (including phenoxy) is 2. The minimum absolute atomic E-state index is 0.470. The molecule has 0 saturated carbocycles. The van der Waals surface area contributed by atoms with Gasteiger partial charge in [0.25, 0.3) is 0 Å². The fourth-order valence-corrected chi connectivity index (χ4v) is 2.96. The Morgan fingerprint density at radius 2 is 2.22 bits per heavy atom. The van der Waals surface area contributed by atoms with Crippen LogP contribution in [0.2, 0.25) is 0 Å². The molecule has 6 nitrogen and oxygen atoms in total.